The van der Waals surface area contributed by atoms with Crippen molar-refractivity contribution in [2.75, 3.05) is 25.7 Å². The van der Waals surface area contributed by atoms with Crippen molar-refractivity contribution >= 4 is 39.2 Å². The van der Waals surface area contributed by atoms with Crippen LogP contribution in [0.5, 0.6) is 0 Å². The maximum absolute atomic E-state index is 11.1. The van der Waals surface area contributed by atoms with Gasteiger partial charge in [0, 0.05) is 15.8 Å². The van der Waals surface area contributed by atoms with E-state index < -0.39 is 11.9 Å². The van der Waals surface area contributed by atoms with Crippen molar-refractivity contribution in [2.24, 2.45) is 0 Å². The lowest BCUT2D eigenvalue weighted by Gasteiger charge is -2.02. The van der Waals surface area contributed by atoms with Gasteiger partial charge >= 0.3 is 11.9 Å². The first kappa shape index (κ1) is 20.0. The molecule has 2 aromatic carbocycles. The minimum absolute atomic E-state index is 0.224. The first-order valence-electron chi connectivity index (χ1n) is 6.85. The molecule has 0 bridgehead atoms. The number of hydrogen-bond acceptors (Lipinski definition) is 7. The Morgan fingerprint density at radius 1 is 0.960 bits per heavy atom. The Morgan fingerprint density at radius 2 is 1.44 bits per heavy atom. The fourth-order valence-corrected chi connectivity index (χ4v) is 2.09. The zero-order valence-corrected chi connectivity index (χ0v) is 15.2. The summed E-state index contributed by atoms with van der Waals surface area (Å²) >= 11 is 3.23. The Bertz CT molecular complexity index is 831. The third kappa shape index (κ3) is 5.51. The number of anilines is 2. The largest absolute Gasteiger partial charge is 0.465 e. The van der Waals surface area contributed by atoms with Gasteiger partial charge in [-0.25, -0.2) is 9.59 Å². The van der Waals surface area contributed by atoms with Crippen LogP contribution in [0.25, 0.3) is 0 Å². The Kier molecular flexibility index (Phi) is 7.43. The van der Waals surface area contributed by atoms with Gasteiger partial charge in [-0.15, -0.1) is 0 Å². The van der Waals surface area contributed by atoms with Crippen LogP contribution in [0.1, 0.15) is 26.3 Å². The Hall–Kier alpha value is -3.05. The molecule has 0 aromatic heterocycles. The van der Waals surface area contributed by atoms with Gasteiger partial charge in [0.25, 0.3) is 0 Å². The first-order chi connectivity index (χ1) is 11.8. The molecule has 130 valence electrons. The highest BCUT2D eigenvalue weighted by atomic mass is 79.9. The average Bonchev–Trinajstić information content (AvgIpc) is 2.63. The molecule has 7 nitrogen and oxygen atoms in total. The average molecular weight is 406 g/mol. The molecule has 0 atom stereocenters. The number of hydrogen-bond donors (Lipinski definition) is 2. The first-order valence-corrected chi connectivity index (χ1v) is 7.64. The summed E-state index contributed by atoms with van der Waals surface area (Å²) in [5.74, 6) is -0.955. The monoisotopic (exact) mass is 405 g/mol. The Labute approximate surface area is 153 Å². The molecule has 0 radical (unpaired) electrons. The topological polar surface area (TPSA) is 128 Å². The number of nitrogens with two attached hydrogens (primary N) is 2. The number of nitriles is 1. The van der Waals surface area contributed by atoms with Crippen molar-refractivity contribution < 1.29 is 19.1 Å². The molecule has 0 aliphatic rings. The molecule has 0 fully saturated rings. The number of halogens is 1. The van der Waals surface area contributed by atoms with E-state index in [4.69, 9.17) is 16.7 Å². The predicted molar refractivity (Wildman–Crippen MR) is 96.8 cm³/mol. The summed E-state index contributed by atoms with van der Waals surface area (Å²) in [5, 5.41) is 8.56. The molecule has 0 heterocycles. The van der Waals surface area contributed by atoms with Crippen LogP contribution in [0.3, 0.4) is 0 Å². The van der Waals surface area contributed by atoms with Crippen molar-refractivity contribution in [2.45, 2.75) is 0 Å². The Morgan fingerprint density at radius 3 is 1.92 bits per heavy atom. The van der Waals surface area contributed by atoms with E-state index in [0.29, 0.717) is 22.5 Å². The zero-order chi connectivity index (χ0) is 19.0. The molecule has 0 saturated heterocycles. The Balaban J connectivity index is 0.000000251. The lowest BCUT2D eigenvalue weighted by atomic mass is 10.1. The van der Waals surface area contributed by atoms with E-state index in [0.717, 1.165) is 4.47 Å². The lowest BCUT2D eigenvalue weighted by molar-refractivity contribution is 0.0593. The van der Waals surface area contributed by atoms with Gasteiger partial charge < -0.3 is 20.9 Å². The molecule has 2 aromatic rings. The summed E-state index contributed by atoms with van der Waals surface area (Å²) in [7, 11) is 2.59. The van der Waals surface area contributed by atoms with E-state index in [2.05, 4.69) is 25.4 Å². The molecule has 0 amide bonds. The maximum atomic E-state index is 11.1. The maximum Gasteiger partial charge on any atom is 0.339 e. The third-order valence-electron chi connectivity index (χ3n) is 3.01. The fourth-order valence-electron chi connectivity index (χ4n) is 1.73. The van der Waals surface area contributed by atoms with Crippen molar-refractivity contribution in [1.29, 1.82) is 5.26 Å². The van der Waals surface area contributed by atoms with Gasteiger partial charge in [0.05, 0.1) is 37.0 Å². The van der Waals surface area contributed by atoms with Crippen LogP contribution in [0.15, 0.2) is 40.9 Å². The van der Waals surface area contributed by atoms with E-state index in [1.807, 2.05) is 6.07 Å². The standard InChI is InChI=1S/C9H8N2O2.C8H8BrNO2/c1-13-9(12)7-4-6(5-10)2-3-8(7)11;1-12-8(11)6-4-5(9)2-3-7(6)10/h2-4H,11H2,1H3;2-4H,10H2,1H3. The number of methoxy groups -OCH3 is 2. The number of nitrogens with zero attached hydrogens (tertiary/aromatic N) is 1. The molecular weight excluding hydrogens is 390 g/mol. The summed E-state index contributed by atoms with van der Waals surface area (Å²) in [4.78, 5) is 22.2. The zero-order valence-electron chi connectivity index (χ0n) is 13.6. The summed E-state index contributed by atoms with van der Waals surface area (Å²) in [6, 6.07) is 11.4. The van der Waals surface area contributed by atoms with Crippen LogP contribution in [0.4, 0.5) is 11.4 Å². The highest BCUT2D eigenvalue weighted by Gasteiger charge is 2.10. The number of carbonyl (C=O) groups is 2. The number of ether oxygens (including phenoxy) is 2. The quantitative estimate of drug-likeness (QED) is 0.580. The molecular formula is C17H16BrN3O4. The number of benzene rings is 2. The second kappa shape index (κ2) is 9.30. The van der Waals surface area contributed by atoms with Gasteiger partial charge in [-0.2, -0.15) is 5.26 Å². The summed E-state index contributed by atoms with van der Waals surface area (Å²) < 4.78 is 9.82. The summed E-state index contributed by atoms with van der Waals surface area (Å²) in [6.07, 6.45) is 0. The number of nitrogen functional groups attached to an aromatic ring is 2. The molecule has 0 unspecified atom stereocenters. The smallest absolute Gasteiger partial charge is 0.339 e. The van der Waals surface area contributed by atoms with E-state index in [1.54, 1.807) is 24.3 Å². The van der Waals surface area contributed by atoms with E-state index in [-0.39, 0.29) is 5.56 Å². The van der Waals surface area contributed by atoms with Crippen molar-refractivity contribution in [3.05, 3.63) is 57.6 Å². The third-order valence-corrected chi connectivity index (χ3v) is 3.50. The van der Waals surface area contributed by atoms with Crippen LogP contribution in [-0.2, 0) is 9.47 Å². The summed E-state index contributed by atoms with van der Waals surface area (Å²) in [6.45, 7) is 0. The molecule has 4 N–H and O–H groups in total. The van der Waals surface area contributed by atoms with Crippen LogP contribution in [-0.4, -0.2) is 26.2 Å². The minimum Gasteiger partial charge on any atom is -0.465 e. The second-order valence-corrected chi connectivity index (χ2v) is 5.54. The number of carbonyl (C=O) groups excluding carboxylic acids is 2. The van der Waals surface area contributed by atoms with Crippen molar-refractivity contribution in [3.63, 3.8) is 0 Å². The molecule has 0 aliphatic heterocycles. The van der Waals surface area contributed by atoms with Gasteiger partial charge in [0.1, 0.15) is 0 Å². The van der Waals surface area contributed by atoms with Crippen LogP contribution in [0.2, 0.25) is 0 Å². The van der Waals surface area contributed by atoms with Crippen molar-refractivity contribution in [3.8, 4) is 6.07 Å². The molecule has 0 aliphatic carbocycles. The number of esters is 2. The second-order valence-electron chi connectivity index (χ2n) is 4.63. The highest BCUT2D eigenvalue weighted by molar-refractivity contribution is 9.10. The van der Waals surface area contributed by atoms with E-state index in [9.17, 15) is 9.59 Å². The fraction of sp³-hybridized carbons (Fsp3) is 0.118. The van der Waals surface area contributed by atoms with Gasteiger partial charge in [0.2, 0.25) is 0 Å². The predicted octanol–water partition coefficient (Wildman–Crippen LogP) is 2.74. The lowest BCUT2D eigenvalue weighted by Crippen LogP contribution is -2.05. The van der Waals surface area contributed by atoms with E-state index in [1.165, 1.54) is 26.4 Å². The van der Waals surface area contributed by atoms with Crippen LogP contribution < -0.4 is 11.5 Å². The molecule has 0 spiro atoms. The van der Waals surface area contributed by atoms with Gasteiger partial charge in [0.15, 0.2) is 0 Å². The molecule has 8 heteroatoms. The van der Waals surface area contributed by atoms with Crippen molar-refractivity contribution in [1.82, 2.24) is 0 Å². The van der Waals surface area contributed by atoms with Crippen LogP contribution >= 0.6 is 15.9 Å². The van der Waals surface area contributed by atoms with Gasteiger partial charge in [-0.1, -0.05) is 15.9 Å². The molecule has 0 saturated carbocycles. The van der Waals surface area contributed by atoms with Gasteiger partial charge in [-0.05, 0) is 36.4 Å². The normalized spacial score (nSPS) is 9.20. The minimum atomic E-state index is -0.533. The highest BCUT2D eigenvalue weighted by Crippen LogP contribution is 2.18. The van der Waals surface area contributed by atoms with Gasteiger partial charge in [-0.3, -0.25) is 0 Å². The molecule has 25 heavy (non-hydrogen) atoms. The number of rotatable bonds is 2. The SMILES string of the molecule is COC(=O)c1cc(Br)ccc1N.COC(=O)c1cc(C#N)ccc1N. The van der Waals surface area contributed by atoms with E-state index >= 15 is 0 Å². The van der Waals surface area contributed by atoms with Crippen LogP contribution in [0, 0.1) is 11.3 Å². The molecule has 2 rings (SSSR count). The summed E-state index contributed by atoms with van der Waals surface area (Å²) in [5.41, 5.74) is 12.8.